The molecule has 0 radical (unpaired) electrons. The van der Waals surface area contributed by atoms with E-state index in [4.69, 9.17) is 11.5 Å². The van der Waals surface area contributed by atoms with E-state index in [1.165, 1.54) is 6.92 Å². The number of aliphatic carboxylic acids is 1. The number of rotatable bonds is 14. The predicted octanol–water partition coefficient (Wildman–Crippen LogP) is -2.33. The molecule has 4 amide bonds. The number of carbonyl (C=O) groups is 5. The Balaban J connectivity index is 2.97. The first-order valence-corrected chi connectivity index (χ1v) is 11.1. The number of carbonyl (C=O) groups excluding carboxylic acids is 4. The van der Waals surface area contributed by atoms with Crippen LogP contribution in [-0.4, -0.2) is 75.8 Å². The average Bonchev–Trinajstić information content (AvgIpc) is 2.78. The van der Waals surface area contributed by atoms with Crippen molar-refractivity contribution in [3.05, 3.63) is 35.9 Å². The molecule has 34 heavy (non-hydrogen) atoms. The smallest absolute Gasteiger partial charge is 0.326 e. The fourth-order valence-electron chi connectivity index (χ4n) is 2.83. The Kier molecular flexibility index (Phi) is 12.0. The third-order valence-electron chi connectivity index (χ3n) is 4.85. The molecule has 5 atom stereocenters. The zero-order valence-electron chi connectivity index (χ0n) is 18.6. The number of benzene rings is 1. The molecule has 0 aromatic heterocycles. The van der Waals surface area contributed by atoms with Gasteiger partial charge in [-0.1, -0.05) is 30.3 Å². The minimum Gasteiger partial charge on any atom is -0.480 e. The van der Waals surface area contributed by atoms with Crippen LogP contribution < -0.4 is 27.4 Å². The molecule has 188 valence electrons. The minimum absolute atomic E-state index is 0.0578. The Hall–Kier alpha value is -3.16. The average molecular weight is 498 g/mol. The van der Waals surface area contributed by atoms with Gasteiger partial charge in [0.05, 0.1) is 6.10 Å². The summed E-state index contributed by atoms with van der Waals surface area (Å²) in [5.74, 6) is -4.64. The number of nitrogens with one attached hydrogen (secondary N) is 3. The van der Waals surface area contributed by atoms with E-state index in [1.807, 2.05) is 0 Å². The maximum absolute atomic E-state index is 13.0. The lowest BCUT2D eigenvalue weighted by molar-refractivity contribution is -0.142. The van der Waals surface area contributed by atoms with Crippen LogP contribution in [0, 0.1) is 0 Å². The van der Waals surface area contributed by atoms with E-state index in [-0.39, 0.29) is 25.0 Å². The fraction of sp³-hybridized carbons (Fsp3) is 0.476. The first-order chi connectivity index (χ1) is 16.0. The molecule has 0 heterocycles. The largest absolute Gasteiger partial charge is 0.480 e. The molecule has 5 unspecified atom stereocenters. The van der Waals surface area contributed by atoms with Crippen molar-refractivity contribution in [3.63, 3.8) is 0 Å². The third-order valence-corrected chi connectivity index (χ3v) is 5.21. The molecule has 0 bridgehead atoms. The van der Waals surface area contributed by atoms with Crippen molar-refractivity contribution >= 4 is 42.2 Å². The molecular weight excluding hydrogens is 466 g/mol. The number of aliphatic hydroxyl groups excluding tert-OH is 1. The maximum atomic E-state index is 13.0. The number of hydrogen-bond donors (Lipinski definition) is 8. The molecule has 1 aromatic carbocycles. The van der Waals surface area contributed by atoms with Crippen LogP contribution in [0.25, 0.3) is 0 Å². The number of aliphatic hydroxyl groups is 1. The van der Waals surface area contributed by atoms with Gasteiger partial charge >= 0.3 is 5.97 Å². The number of hydrogen-bond acceptors (Lipinski definition) is 8. The van der Waals surface area contributed by atoms with Crippen LogP contribution in [-0.2, 0) is 30.4 Å². The molecule has 12 nitrogen and oxygen atoms in total. The first kappa shape index (κ1) is 28.9. The lowest BCUT2D eigenvalue weighted by Crippen LogP contribution is -2.59. The first-order valence-electron chi connectivity index (χ1n) is 10.5. The summed E-state index contributed by atoms with van der Waals surface area (Å²) in [6.07, 6.45) is -1.59. The van der Waals surface area contributed by atoms with Gasteiger partial charge in [0.1, 0.15) is 24.2 Å². The lowest BCUT2D eigenvalue weighted by Gasteiger charge is -2.25. The van der Waals surface area contributed by atoms with E-state index in [2.05, 4.69) is 28.6 Å². The Morgan fingerprint density at radius 3 is 1.97 bits per heavy atom. The fourth-order valence-corrected chi connectivity index (χ4v) is 3.09. The molecular formula is C21H31N5O7S. The summed E-state index contributed by atoms with van der Waals surface area (Å²) in [7, 11) is 0. The summed E-state index contributed by atoms with van der Waals surface area (Å²) < 4.78 is 0. The van der Waals surface area contributed by atoms with Crippen molar-refractivity contribution in [2.45, 2.75) is 56.5 Å². The summed E-state index contributed by atoms with van der Waals surface area (Å²) in [6, 6.07) is 3.66. The molecule has 0 saturated carbocycles. The number of primary amides is 1. The third kappa shape index (κ3) is 9.77. The van der Waals surface area contributed by atoms with Crippen molar-refractivity contribution in [3.8, 4) is 0 Å². The number of thiol groups is 1. The SMILES string of the molecule is CC(O)C(N)C(=O)NC(Cc1ccccc1)C(=O)NC(CS)C(=O)NC(CCC(N)=O)C(=O)O. The van der Waals surface area contributed by atoms with Crippen molar-refractivity contribution in [2.24, 2.45) is 11.5 Å². The van der Waals surface area contributed by atoms with Gasteiger partial charge in [0.15, 0.2) is 0 Å². The Labute approximate surface area is 202 Å². The van der Waals surface area contributed by atoms with Gasteiger partial charge in [-0.15, -0.1) is 0 Å². The Morgan fingerprint density at radius 1 is 0.941 bits per heavy atom. The number of carboxylic acid groups (broad SMARTS) is 1. The van der Waals surface area contributed by atoms with Crippen LogP contribution in [0.3, 0.4) is 0 Å². The van der Waals surface area contributed by atoms with Gasteiger partial charge in [-0.25, -0.2) is 4.79 Å². The second kappa shape index (κ2) is 14.2. The van der Waals surface area contributed by atoms with Gasteiger partial charge in [0.2, 0.25) is 23.6 Å². The van der Waals surface area contributed by atoms with Crippen LogP contribution in [0.4, 0.5) is 0 Å². The highest BCUT2D eigenvalue weighted by molar-refractivity contribution is 7.80. The molecule has 0 saturated heterocycles. The van der Waals surface area contributed by atoms with E-state index < -0.39 is 59.9 Å². The van der Waals surface area contributed by atoms with E-state index in [0.29, 0.717) is 5.56 Å². The van der Waals surface area contributed by atoms with Crippen molar-refractivity contribution in [1.82, 2.24) is 16.0 Å². The highest BCUT2D eigenvalue weighted by Crippen LogP contribution is 2.06. The van der Waals surface area contributed by atoms with Crippen molar-refractivity contribution < 1.29 is 34.2 Å². The quantitative estimate of drug-likeness (QED) is 0.130. The monoisotopic (exact) mass is 497 g/mol. The molecule has 9 N–H and O–H groups in total. The Morgan fingerprint density at radius 2 is 1.47 bits per heavy atom. The van der Waals surface area contributed by atoms with Crippen molar-refractivity contribution in [1.29, 1.82) is 0 Å². The van der Waals surface area contributed by atoms with E-state index in [0.717, 1.165) is 0 Å². The molecule has 13 heteroatoms. The van der Waals surface area contributed by atoms with Crippen LogP contribution in [0.1, 0.15) is 25.3 Å². The van der Waals surface area contributed by atoms with Gasteiger partial charge in [0.25, 0.3) is 0 Å². The van der Waals surface area contributed by atoms with Gasteiger partial charge in [0, 0.05) is 18.6 Å². The molecule has 0 aliphatic carbocycles. The summed E-state index contributed by atoms with van der Waals surface area (Å²) in [4.78, 5) is 60.2. The summed E-state index contributed by atoms with van der Waals surface area (Å²) in [5.41, 5.74) is 11.4. The van der Waals surface area contributed by atoms with E-state index in [9.17, 15) is 34.2 Å². The van der Waals surface area contributed by atoms with E-state index in [1.54, 1.807) is 30.3 Å². The predicted molar refractivity (Wildman–Crippen MR) is 126 cm³/mol. The van der Waals surface area contributed by atoms with Crippen LogP contribution in [0.5, 0.6) is 0 Å². The topological polar surface area (TPSA) is 214 Å². The summed E-state index contributed by atoms with van der Waals surface area (Å²) in [6.45, 7) is 1.33. The normalized spacial score (nSPS) is 15.2. The zero-order chi connectivity index (χ0) is 25.8. The number of nitrogens with two attached hydrogens (primary N) is 2. The van der Waals surface area contributed by atoms with E-state index >= 15 is 0 Å². The molecule has 0 fully saturated rings. The second-order valence-corrected chi connectivity index (χ2v) is 8.03. The van der Waals surface area contributed by atoms with Crippen LogP contribution in [0.15, 0.2) is 30.3 Å². The number of amides is 4. The summed E-state index contributed by atoms with van der Waals surface area (Å²) in [5, 5.41) is 26.0. The van der Waals surface area contributed by atoms with Gasteiger partial charge < -0.3 is 37.6 Å². The highest BCUT2D eigenvalue weighted by Gasteiger charge is 2.30. The molecule has 0 aliphatic rings. The minimum atomic E-state index is -1.40. The lowest BCUT2D eigenvalue weighted by atomic mass is 10.0. The van der Waals surface area contributed by atoms with Crippen LogP contribution >= 0.6 is 12.6 Å². The number of carboxylic acids is 1. The zero-order valence-corrected chi connectivity index (χ0v) is 19.5. The van der Waals surface area contributed by atoms with Crippen LogP contribution in [0.2, 0.25) is 0 Å². The molecule has 1 rings (SSSR count). The standard InChI is InChI=1S/C21H31N5O7S/c1-11(27)17(23)20(31)25-14(9-12-5-3-2-4-6-12)18(29)26-15(10-34)19(30)24-13(21(32)33)7-8-16(22)28/h2-6,11,13-15,17,27,34H,7-10,23H2,1H3,(H2,22,28)(H,24,30)(H,25,31)(H,26,29)(H,32,33). The molecule has 1 aromatic rings. The molecule has 0 aliphatic heterocycles. The van der Waals surface area contributed by atoms with Gasteiger partial charge in [-0.2, -0.15) is 12.6 Å². The molecule has 0 spiro atoms. The summed E-state index contributed by atoms with van der Waals surface area (Å²) >= 11 is 4.05. The van der Waals surface area contributed by atoms with Gasteiger partial charge in [-0.05, 0) is 18.9 Å². The highest BCUT2D eigenvalue weighted by atomic mass is 32.1. The maximum Gasteiger partial charge on any atom is 0.326 e. The Bertz CT molecular complexity index is 868. The van der Waals surface area contributed by atoms with Gasteiger partial charge in [-0.3, -0.25) is 19.2 Å². The van der Waals surface area contributed by atoms with Crippen molar-refractivity contribution in [2.75, 3.05) is 5.75 Å². The second-order valence-electron chi connectivity index (χ2n) is 7.67.